The third-order valence-corrected chi connectivity index (χ3v) is 4.67. The molecule has 1 heterocycles. The molecular formula is C17H22N2O2. The fourth-order valence-electron chi connectivity index (χ4n) is 3.44. The first-order valence-corrected chi connectivity index (χ1v) is 7.79. The molecule has 4 nitrogen and oxygen atoms in total. The van der Waals surface area contributed by atoms with E-state index in [1.165, 1.54) is 17.5 Å². The van der Waals surface area contributed by atoms with Gasteiger partial charge in [-0.3, -0.25) is 9.59 Å². The molecular weight excluding hydrogens is 264 g/mol. The number of amides is 2. The van der Waals surface area contributed by atoms with Crippen LogP contribution in [0.25, 0.3) is 0 Å². The van der Waals surface area contributed by atoms with Crippen molar-refractivity contribution in [2.75, 3.05) is 20.1 Å². The fraction of sp³-hybridized carbons (Fsp3) is 0.529. The van der Waals surface area contributed by atoms with Crippen LogP contribution in [-0.2, 0) is 17.6 Å². The summed E-state index contributed by atoms with van der Waals surface area (Å²) in [6.07, 6.45) is 4.87. The van der Waals surface area contributed by atoms with Crippen LogP contribution in [0.3, 0.4) is 0 Å². The zero-order chi connectivity index (χ0) is 14.8. The molecule has 0 aromatic heterocycles. The highest BCUT2D eigenvalue weighted by Gasteiger charge is 2.28. The Bertz CT molecular complexity index is 568. The lowest BCUT2D eigenvalue weighted by atomic mass is 10.0. The Balaban J connectivity index is 1.65. The number of nitrogens with one attached hydrogen (secondary N) is 1. The third-order valence-electron chi connectivity index (χ3n) is 4.67. The minimum Gasteiger partial charge on any atom is -0.359 e. The van der Waals surface area contributed by atoms with Gasteiger partial charge in [0, 0.05) is 32.1 Å². The molecule has 0 spiro atoms. The summed E-state index contributed by atoms with van der Waals surface area (Å²) in [5.41, 5.74) is 3.53. The number of carbonyl (C=O) groups excluding carboxylic acids is 2. The molecule has 0 radical (unpaired) electrons. The molecule has 1 fully saturated rings. The molecule has 1 aromatic carbocycles. The minimum atomic E-state index is 0.0619. The van der Waals surface area contributed by atoms with Gasteiger partial charge in [0.25, 0.3) is 5.91 Å². The molecule has 0 saturated carbocycles. The van der Waals surface area contributed by atoms with Gasteiger partial charge >= 0.3 is 0 Å². The van der Waals surface area contributed by atoms with Gasteiger partial charge in [0.2, 0.25) is 5.91 Å². The monoisotopic (exact) mass is 286 g/mol. The maximum Gasteiger partial charge on any atom is 0.253 e. The standard InChI is InChI=1S/C17H22N2O2/c1-18-16(20)9-12-7-8-19(11-12)17(21)15-6-5-13-3-2-4-14(13)10-15/h5-6,10,12H,2-4,7-9,11H2,1H3,(H,18,20). The molecule has 1 unspecified atom stereocenters. The lowest BCUT2D eigenvalue weighted by Gasteiger charge is -2.17. The maximum absolute atomic E-state index is 12.6. The van der Waals surface area contributed by atoms with E-state index in [1.807, 2.05) is 11.0 Å². The number of hydrogen-bond donors (Lipinski definition) is 1. The van der Waals surface area contributed by atoms with Crippen LogP contribution in [0, 0.1) is 5.92 Å². The summed E-state index contributed by atoms with van der Waals surface area (Å²) >= 11 is 0. The molecule has 0 bridgehead atoms. The Morgan fingerprint density at radius 1 is 1.29 bits per heavy atom. The second kappa shape index (κ2) is 5.88. The first-order chi connectivity index (χ1) is 10.2. The van der Waals surface area contributed by atoms with Crippen LogP contribution in [0.1, 0.15) is 40.7 Å². The Morgan fingerprint density at radius 3 is 2.90 bits per heavy atom. The summed E-state index contributed by atoms with van der Waals surface area (Å²) in [6, 6.07) is 6.13. The second-order valence-electron chi connectivity index (χ2n) is 6.12. The zero-order valence-corrected chi connectivity index (χ0v) is 12.5. The molecule has 1 atom stereocenters. The number of aryl methyl sites for hydroxylation is 2. The number of rotatable bonds is 3. The average Bonchev–Trinajstić information content (AvgIpc) is 3.14. The van der Waals surface area contributed by atoms with Crippen molar-refractivity contribution in [1.29, 1.82) is 0 Å². The number of benzene rings is 1. The lowest BCUT2D eigenvalue weighted by molar-refractivity contribution is -0.121. The summed E-state index contributed by atoms with van der Waals surface area (Å²) in [5, 5.41) is 2.65. The van der Waals surface area contributed by atoms with Crippen molar-refractivity contribution in [3.63, 3.8) is 0 Å². The molecule has 1 saturated heterocycles. The summed E-state index contributed by atoms with van der Waals surface area (Å²) in [5.74, 6) is 0.472. The van der Waals surface area contributed by atoms with Crippen LogP contribution in [0.5, 0.6) is 0 Å². The van der Waals surface area contributed by atoms with Gasteiger partial charge in [-0.1, -0.05) is 6.07 Å². The summed E-state index contributed by atoms with van der Waals surface area (Å²) in [4.78, 5) is 25.9. The van der Waals surface area contributed by atoms with Crippen LogP contribution in [0.2, 0.25) is 0 Å². The Labute approximate surface area is 125 Å². The van der Waals surface area contributed by atoms with Gasteiger partial charge in [-0.05, 0) is 54.9 Å². The van der Waals surface area contributed by atoms with E-state index in [0.717, 1.165) is 31.4 Å². The summed E-state index contributed by atoms with van der Waals surface area (Å²) < 4.78 is 0. The number of nitrogens with zero attached hydrogens (tertiary/aromatic N) is 1. The highest BCUT2D eigenvalue weighted by Crippen LogP contribution is 2.25. The van der Waals surface area contributed by atoms with Crippen molar-refractivity contribution in [3.05, 3.63) is 34.9 Å². The van der Waals surface area contributed by atoms with Gasteiger partial charge in [-0.2, -0.15) is 0 Å². The predicted molar refractivity (Wildman–Crippen MR) is 81.2 cm³/mol. The lowest BCUT2D eigenvalue weighted by Crippen LogP contribution is -2.29. The number of hydrogen-bond acceptors (Lipinski definition) is 2. The highest BCUT2D eigenvalue weighted by atomic mass is 16.2. The van der Waals surface area contributed by atoms with E-state index in [2.05, 4.69) is 17.4 Å². The number of fused-ring (bicyclic) bond motifs is 1. The quantitative estimate of drug-likeness (QED) is 0.920. The molecule has 3 rings (SSSR count). The Kier molecular flexibility index (Phi) is 3.95. The molecule has 2 amide bonds. The Morgan fingerprint density at radius 2 is 2.10 bits per heavy atom. The zero-order valence-electron chi connectivity index (χ0n) is 12.5. The van der Waals surface area contributed by atoms with Crippen molar-refractivity contribution in [2.45, 2.75) is 32.1 Å². The normalized spacial score (nSPS) is 20.4. The smallest absolute Gasteiger partial charge is 0.253 e. The van der Waals surface area contributed by atoms with E-state index in [4.69, 9.17) is 0 Å². The van der Waals surface area contributed by atoms with Gasteiger partial charge < -0.3 is 10.2 Å². The van der Waals surface area contributed by atoms with Crippen LogP contribution in [0.4, 0.5) is 0 Å². The first-order valence-electron chi connectivity index (χ1n) is 7.79. The van der Waals surface area contributed by atoms with Crippen LogP contribution >= 0.6 is 0 Å². The summed E-state index contributed by atoms with van der Waals surface area (Å²) in [7, 11) is 1.66. The van der Waals surface area contributed by atoms with E-state index < -0.39 is 0 Å². The molecule has 2 aliphatic rings. The van der Waals surface area contributed by atoms with Crippen molar-refractivity contribution >= 4 is 11.8 Å². The third kappa shape index (κ3) is 2.94. The van der Waals surface area contributed by atoms with E-state index in [9.17, 15) is 9.59 Å². The topological polar surface area (TPSA) is 49.4 Å². The largest absolute Gasteiger partial charge is 0.359 e. The second-order valence-corrected chi connectivity index (χ2v) is 6.12. The van der Waals surface area contributed by atoms with E-state index in [-0.39, 0.29) is 11.8 Å². The van der Waals surface area contributed by atoms with Crippen molar-refractivity contribution in [1.82, 2.24) is 10.2 Å². The van der Waals surface area contributed by atoms with E-state index in [1.54, 1.807) is 7.05 Å². The number of likely N-dealkylation sites (tertiary alicyclic amines) is 1. The van der Waals surface area contributed by atoms with Crippen LogP contribution < -0.4 is 5.32 Å². The van der Waals surface area contributed by atoms with Gasteiger partial charge in [0.05, 0.1) is 0 Å². The van der Waals surface area contributed by atoms with E-state index in [0.29, 0.717) is 18.9 Å². The predicted octanol–water partition coefficient (Wildman–Crippen LogP) is 1.77. The van der Waals surface area contributed by atoms with Crippen LogP contribution in [0.15, 0.2) is 18.2 Å². The molecule has 21 heavy (non-hydrogen) atoms. The molecule has 4 heteroatoms. The molecule has 1 aliphatic carbocycles. The number of carbonyl (C=O) groups is 2. The van der Waals surface area contributed by atoms with Gasteiger partial charge in [0.1, 0.15) is 0 Å². The Hall–Kier alpha value is -1.84. The molecule has 1 aromatic rings. The van der Waals surface area contributed by atoms with Crippen molar-refractivity contribution < 1.29 is 9.59 Å². The molecule has 112 valence electrons. The van der Waals surface area contributed by atoms with Gasteiger partial charge in [0.15, 0.2) is 0 Å². The average molecular weight is 286 g/mol. The minimum absolute atomic E-state index is 0.0619. The fourth-order valence-corrected chi connectivity index (χ4v) is 3.44. The SMILES string of the molecule is CNC(=O)CC1CCN(C(=O)c2ccc3c(c2)CCC3)C1. The maximum atomic E-state index is 12.6. The molecule has 1 N–H and O–H groups in total. The van der Waals surface area contributed by atoms with E-state index >= 15 is 0 Å². The van der Waals surface area contributed by atoms with Crippen molar-refractivity contribution in [2.24, 2.45) is 5.92 Å². The summed E-state index contributed by atoms with van der Waals surface area (Å²) in [6.45, 7) is 1.46. The van der Waals surface area contributed by atoms with Gasteiger partial charge in [-0.25, -0.2) is 0 Å². The highest BCUT2D eigenvalue weighted by molar-refractivity contribution is 5.94. The van der Waals surface area contributed by atoms with Crippen LogP contribution in [-0.4, -0.2) is 36.9 Å². The van der Waals surface area contributed by atoms with Gasteiger partial charge in [-0.15, -0.1) is 0 Å². The van der Waals surface area contributed by atoms with Crippen molar-refractivity contribution in [3.8, 4) is 0 Å². The molecule has 1 aliphatic heterocycles. The first kappa shape index (κ1) is 14.1.